The summed E-state index contributed by atoms with van der Waals surface area (Å²) in [4.78, 5) is 25.8. The Hall–Kier alpha value is -3.22. The Bertz CT molecular complexity index is 897. The van der Waals surface area contributed by atoms with Gasteiger partial charge in [-0.1, -0.05) is 6.07 Å². The number of ether oxygens (including phenoxy) is 3. The second-order valence-corrected chi connectivity index (χ2v) is 7.12. The summed E-state index contributed by atoms with van der Waals surface area (Å²) in [6.45, 7) is 3.64. The first-order valence-corrected chi connectivity index (χ1v) is 9.82. The zero-order valence-corrected chi connectivity index (χ0v) is 16.3. The van der Waals surface area contributed by atoms with E-state index >= 15 is 0 Å². The average molecular weight is 396 g/mol. The van der Waals surface area contributed by atoms with Gasteiger partial charge >= 0.3 is 0 Å². The first-order chi connectivity index (χ1) is 14.1. The van der Waals surface area contributed by atoms with E-state index in [4.69, 9.17) is 14.2 Å². The van der Waals surface area contributed by atoms with Gasteiger partial charge in [-0.25, -0.2) is 0 Å². The largest absolute Gasteiger partial charge is 0.486 e. The zero-order valence-electron chi connectivity index (χ0n) is 16.3. The number of anilines is 1. The van der Waals surface area contributed by atoms with Gasteiger partial charge in [-0.05, 0) is 55.3 Å². The van der Waals surface area contributed by atoms with Crippen molar-refractivity contribution in [3.8, 4) is 17.2 Å². The van der Waals surface area contributed by atoms with Crippen LogP contribution in [0, 0.1) is 0 Å². The number of carbonyl (C=O) groups excluding carboxylic acids is 2. The number of amides is 2. The van der Waals surface area contributed by atoms with Crippen molar-refractivity contribution < 1.29 is 23.8 Å². The lowest BCUT2D eigenvalue weighted by Crippen LogP contribution is -2.31. The van der Waals surface area contributed by atoms with Gasteiger partial charge in [0.15, 0.2) is 18.1 Å². The molecule has 0 bridgehead atoms. The van der Waals surface area contributed by atoms with Crippen molar-refractivity contribution in [2.24, 2.45) is 0 Å². The molecule has 2 amide bonds. The molecule has 2 heterocycles. The molecule has 7 heteroatoms. The summed E-state index contributed by atoms with van der Waals surface area (Å²) < 4.78 is 16.7. The predicted molar refractivity (Wildman–Crippen MR) is 108 cm³/mol. The molecule has 2 aromatic carbocycles. The van der Waals surface area contributed by atoms with Crippen molar-refractivity contribution in [3.05, 3.63) is 48.0 Å². The molecule has 0 aromatic heterocycles. The molecule has 1 atom stereocenters. The normalized spacial score (nSPS) is 16.4. The van der Waals surface area contributed by atoms with Crippen LogP contribution in [-0.2, 0) is 9.59 Å². The lowest BCUT2D eigenvalue weighted by atomic mass is 10.1. The van der Waals surface area contributed by atoms with Crippen molar-refractivity contribution in [3.63, 3.8) is 0 Å². The molecule has 0 aliphatic carbocycles. The molecule has 2 aromatic rings. The molecule has 152 valence electrons. The minimum absolute atomic E-state index is 0.0864. The summed E-state index contributed by atoms with van der Waals surface area (Å²) in [5, 5.41) is 2.92. The van der Waals surface area contributed by atoms with Crippen LogP contribution in [0.5, 0.6) is 17.2 Å². The summed E-state index contributed by atoms with van der Waals surface area (Å²) in [6.07, 6.45) is 1.48. The van der Waals surface area contributed by atoms with Crippen LogP contribution >= 0.6 is 0 Å². The molecule has 0 spiro atoms. The van der Waals surface area contributed by atoms with Crippen LogP contribution in [0.15, 0.2) is 42.5 Å². The van der Waals surface area contributed by atoms with E-state index in [1.54, 1.807) is 17.0 Å². The standard InChI is InChI=1S/C22H24N2O5/c1-15(16-4-9-19-20(13-16)28-12-11-27-19)23-21(25)14-29-18-7-5-17(6-8-18)24-10-2-3-22(24)26/h4-9,13,15H,2-3,10-12,14H2,1H3,(H,23,25). The van der Waals surface area contributed by atoms with Crippen molar-refractivity contribution in [1.82, 2.24) is 5.32 Å². The Kier molecular flexibility index (Phi) is 5.55. The third kappa shape index (κ3) is 4.45. The molecule has 29 heavy (non-hydrogen) atoms. The Morgan fingerprint density at radius 3 is 2.62 bits per heavy atom. The first-order valence-electron chi connectivity index (χ1n) is 9.82. The highest BCUT2D eigenvalue weighted by Gasteiger charge is 2.21. The van der Waals surface area contributed by atoms with E-state index in [1.807, 2.05) is 37.3 Å². The molecule has 1 N–H and O–H groups in total. The first kappa shape index (κ1) is 19.1. The number of nitrogens with zero attached hydrogens (tertiary/aromatic N) is 1. The van der Waals surface area contributed by atoms with E-state index in [0.717, 1.165) is 30.0 Å². The molecule has 7 nitrogen and oxygen atoms in total. The third-order valence-corrected chi connectivity index (χ3v) is 5.04. The van der Waals surface area contributed by atoms with Crippen molar-refractivity contribution in [2.75, 3.05) is 31.3 Å². The number of nitrogens with one attached hydrogen (secondary N) is 1. The molecule has 0 saturated carbocycles. The van der Waals surface area contributed by atoms with Gasteiger partial charge in [0.1, 0.15) is 19.0 Å². The predicted octanol–water partition coefficient (Wildman–Crippen LogP) is 2.84. The molecule has 2 aliphatic heterocycles. The smallest absolute Gasteiger partial charge is 0.258 e. The van der Waals surface area contributed by atoms with E-state index in [9.17, 15) is 9.59 Å². The monoisotopic (exact) mass is 396 g/mol. The quantitative estimate of drug-likeness (QED) is 0.813. The van der Waals surface area contributed by atoms with Crippen molar-refractivity contribution in [2.45, 2.75) is 25.8 Å². The molecule has 0 radical (unpaired) electrons. The Balaban J connectivity index is 1.29. The van der Waals surface area contributed by atoms with Gasteiger partial charge in [-0.15, -0.1) is 0 Å². The van der Waals surface area contributed by atoms with Crippen LogP contribution in [0.25, 0.3) is 0 Å². The van der Waals surface area contributed by atoms with Crippen LogP contribution in [0.1, 0.15) is 31.4 Å². The van der Waals surface area contributed by atoms with Gasteiger partial charge in [-0.3, -0.25) is 9.59 Å². The fourth-order valence-corrected chi connectivity index (χ4v) is 3.49. The molecule has 1 fully saturated rings. The second kappa shape index (κ2) is 8.43. The van der Waals surface area contributed by atoms with E-state index < -0.39 is 0 Å². The highest BCUT2D eigenvalue weighted by molar-refractivity contribution is 5.95. The molecular weight excluding hydrogens is 372 g/mol. The summed E-state index contributed by atoms with van der Waals surface area (Å²) in [5.74, 6) is 1.93. The van der Waals surface area contributed by atoms with Crippen molar-refractivity contribution in [1.29, 1.82) is 0 Å². The van der Waals surface area contributed by atoms with E-state index in [0.29, 0.717) is 31.1 Å². The highest BCUT2D eigenvalue weighted by Crippen LogP contribution is 2.32. The molecule has 2 aliphatic rings. The fraction of sp³-hybridized carbons (Fsp3) is 0.364. The van der Waals surface area contributed by atoms with E-state index in [-0.39, 0.29) is 24.5 Å². The van der Waals surface area contributed by atoms with Gasteiger partial charge in [0.25, 0.3) is 5.91 Å². The van der Waals surface area contributed by atoms with Gasteiger partial charge in [-0.2, -0.15) is 0 Å². The molecule has 4 rings (SSSR count). The lowest BCUT2D eigenvalue weighted by molar-refractivity contribution is -0.123. The SMILES string of the molecule is CC(NC(=O)COc1ccc(N2CCCC2=O)cc1)c1ccc2c(c1)OCCO2. The van der Waals surface area contributed by atoms with Gasteiger partial charge < -0.3 is 24.4 Å². The topological polar surface area (TPSA) is 77.1 Å². The Morgan fingerprint density at radius 2 is 1.90 bits per heavy atom. The van der Waals surface area contributed by atoms with Crippen LogP contribution in [0.4, 0.5) is 5.69 Å². The number of hydrogen-bond donors (Lipinski definition) is 1. The van der Waals surface area contributed by atoms with Crippen LogP contribution < -0.4 is 24.4 Å². The summed E-state index contributed by atoms with van der Waals surface area (Å²) >= 11 is 0. The molecule has 1 unspecified atom stereocenters. The maximum atomic E-state index is 12.3. The molecule has 1 saturated heterocycles. The van der Waals surface area contributed by atoms with Crippen LogP contribution in [0.2, 0.25) is 0 Å². The summed E-state index contributed by atoms with van der Waals surface area (Å²) in [7, 11) is 0. The zero-order chi connectivity index (χ0) is 20.2. The Labute approximate surface area is 169 Å². The number of rotatable bonds is 6. The summed E-state index contributed by atoms with van der Waals surface area (Å²) in [6, 6.07) is 12.7. The van der Waals surface area contributed by atoms with Crippen LogP contribution in [0.3, 0.4) is 0 Å². The number of hydrogen-bond acceptors (Lipinski definition) is 5. The minimum atomic E-state index is -0.216. The molecular formula is C22H24N2O5. The van der Waals surface area contributed by atoms with E-state index in [1.165, 1.54) is 0 Å². The number of fused-ring (bicyclic) bond motifs is 1. The fourth-order valence-electron chi connectivity index (χ4n) is 3.49. The van der Waals surface area contributed by atoms with E-state index in [2.05, 4.69) is 5.32 Å². The van der Waals surface area contributed by atoms with Crippen molar-refractivity contribution >= 4 is 17.5 Å². The maximum absolute atomic E-state index is 12.3. The minimum Gasteiger partial charge on any atom is -0.486 e. The Morgan fingerprint density at radius 1 is 1.14 bits per heavy atom. The van der Waals surface area contributed by atoms with Gasteiger partial charge in [0, 0.05) is 18.7 Å². The highest BCUT2D eigenvalue weighted by atomic mass is 16.6. The lowest BCUT2D eigenvalue weighted by Gasteiger charge is -2.21. The van der Waals surface area contributed by atoms with Gasteiger partial charge in [0.2, 0.25) is 5.91 Å². The third-order valence-electron chi connectivity index (χ3n) is 5.04. The number of carbonyl (C=O) groups is 2. The second-order valence-electron chi connectivity index (χ2n) is 7.12. The summed E-state index contributed by atoms with van der Waals surface area (Å²) in [5.41, 5.74) is 1.79. The van der Waals surface area contributed by atoms with Gasteiger partial charge in [0.05, 0.1) is 6.04 Å². The number of benzene rings is 2. The maximum Gasteiger partial charge on any atom is 0.258 e. The van der Waals surface area contributed by atoms with Crippen LogP contribution in [-0.4, -0.2) is 38.2 Å². The average Bonchev–Trinajstić information content (AvgIpc) is 3.18.